The molecule has 0 saturated carbocycles. The molecule has 5 heteroatoms. The van der Waals surface area contributed by atoms with Gasteiger partial charge in [0.05, 0.1) is 4.99 Å². The van der Waals surface area contributed by atoms with E-state index in [-0.39, 0.29) is 11.4 Å². The summed E-state index contributed by atoms with van der Waals surface area (Å²) in [6.45, 7) is 8.25. The molecule has 1 rings (SSSR count). The van der Waals surface area contributed by atoms with Crippen LogP contribution in [0.3, 0.4) is 0 Å². The molecule has 1 aliphatic rings. The van der Waals surface area contributed by atoms with Crippen molar-refractivity contribution in [2.45, 2.75) is 33.6 Å². The van der Waals surface area contributed by atoms with Gasteiger partial charge in [-0.15, -0.1) is 0 Å². The summed E-state index contributed by atoms with van der Waals surface area (Å²) in [4.78, 5) is 14.3. The van der Waals surface area contributed by atoms with Crippen LogP contribution in [0.25, 0.3) is 0 Å². The Morgan fingerprint density at radius 3 is 2.76 bits per heavy atom. The summed E-state index contributed by atoms with van der Waals surface area (Å²) < 4.78 is 0. The Morgan fingerprint density at radius 2 is 2.24 bits per heavy atom. The summed E-state index contributed by atoms with van der Waals surface area (Å²) in [7, 11) is 0. The maximum Gasteiger partial charge on any atom is 0.317 e. The third-order valence-electron chi connectivity index (χ3n) is 3.29. The quantitative estimate of drug-likeness (QED) is 0.757. The molecule has 3 N–H and O–H groups in total. The predicted molar refractivity (Wildman–Crippen MR) is 73.9 cm³/mol. The number of hydrogen-bond acceptors (Lipinski definition) is 2. The molecule has 0 aromatic rings. The number of carbonyl (C=O) groups excluding carboxylic acids is 1. The molecule has 0 spiro atoms. The van der Waals surface area contributed by atoms with Gasteiger partial charge in [-0.05, 0) is 18.8 Å². The van der Waals surface area contributed by atoms with Crippen molar-refractivity contribution in [3.63, 3.8) is 0 Å². The normalized spacial score (nSPS) is 21.1. The Bertz CT molecular complexity index is 304. The van der Waals surface area contributed by atoms with E-state index in [1.165, 1.54) is 6.42 Å². The van der Waals surface area contributed by atoms with Crippen LogP contribution in [-0.2, 0) is 0 Å². The number of carbonyl (C=O) groups is 1. The van der Waals surface area contributed by atoms with Crippen LogP contribution in [0.5, 0.6) is 0 Å². The molecule has 0 aliphatic carbocycles. The zero-order valence-corrected chi connectivity index (χ0v) is 11.8. The summed E-state index contributed by atoms with van der Waals surface area (Å²) in [5.74, 6) is 0.595. The molecule has 1 saturated heterocycles. The molecule has 0 aromatic heterocycles. The first-order valence-corrected chi connectivity index (χ1v) is 6.56. The highest BCUT2D eigenvalue weighted by Crippen LogP contribution is 2.17. The Balaban J connectivity index is 2.41. The monoisotopic (exact) mass is 257 g/mol. The second kappa shape index (κ2) is 5.67. The second-order valence-corrected chi connectivity index (χ2v) is 6.04. The van der Waals surface area contributed by atoms with Crippen molar-refractivity contribution in [3.8, 4) is 0 Å². The molecule has 1 atom stereocenters. The zero-order valence-electron chi connectivity index (χ0n) is 11.0. The SMILES string of the molecule is CC1CCCN(C(=O)NCC(C)(C)C(N)=S)C1. The molecular weight excluding hydrogens is 234 g/mol. The molecule has 0 bridgehead atoms. The number of thiocarbonyl (C=S) groups is 1. The van der Waals surface area contributed by atoms with Crippen LogP contribution >= 0.6 is 12.2 Å². The van der Waals surface area contributed by atoms with E-state index in [9.17, 15) is 4.79 Å². The molecule has 4 nitrogen and oxygen atoms in total. The molecular formula is C12H23N3OS. The van der Waals surface area contributed by atoms with Crippen molar-refractivity contribution in [2.75, 3.05) is 19.6 Å². The fraction of sp³-hybridized carbons (Fsp3) is 0.833. The van der Waals surface area contributed by atoms with Crippen molar-refractivity contribution in [2.24, 2.45) is 17.1 Å². The number of hydrogen-bond donors (Lipinski definition) is 2. The van der Waals surface area contributed by atoms with Crippen molar-refractivity contribution in [3.05, 3.63) is 0 Å². The van der Waals surface area contributed by atoms with E-state index < -0.39 is 0 Å². The van der Waals surface area contributed by atoms with Crippen LogP contribution in [0, 0.1) is 11.3 Å². The van der Waals surface area contributed by atoms with Crippen LogP contribution in [0.1, 0.15) is 33.6 Å². The second-order valence-electron chi connectivity index (χ2n) is 5.60. The van der Waals surface area contributed by atoms with Crippen LogP contribution in [0.4, 0.5) is 4.79 Å². The standard InChI is InChI=1S/C12H23N3OS/c1-9-5-4-6-15(7-9)11(16)14-8-12(2,3)10(13)17/h9H,4-8H2,1-3H3,(H2,13,17)(H,14,16). The minimum atomic E-state index is -0.327. The fourth-order valence-electron chi connectivity index (χ4n) is 1.87. The number of amides is 2. The van der Waals surface area contributed by atoms with E-state index in [1.807, 2.05) is 18.7 Å². The van der Waals surface area contributed by atoms with E-state index in [0.717, 1.165) is 19.5 Å². The van der Waals surface area contributed by atoms with Crippen LogP contribution < -0.4 is 11.1 Å². The lowest BCUT2D eigenvalue weighted by Crippen LogP contribution is -2.49. The number of nitrogens with one attached hydrogen (secondary N) is 1. The molecule has 0 radical (unpaired) electrons. The van der Waals surface area contributed by atoms with Gasteiger partial charge in [0.15, 0.2) is 0 Å². The first-order valence-electron chi connectivity index (χ1n) is 6.15. The largest absolute Gasteiger partial charge is 0.393 e. The number of nitrogens with zero attached hydrogens (tertiary/aromatic N) is 1. The average molecular weight is 257 g/mol. The number of nitrogens with two attached hydrogens (primary N) is 1. The lowest BCUT2D eigenvalue weighted by Gasteiger charge is -2.32. The maximum atomic E-state index is 11.9. The minimum Gasteiger partial charge on any atom is -0.393 e. The van der Waals surface area contributed by atoms with Gasteiger partial charge in [-0.3, -0.25) is 0 Å². The topological polar surface area (TPSA) is 58.4 Å². The summed E-state index contributed by atoms with van der Waals surface area (Å²) in [6.07, 6.45) is 2.30. The number of likely N-dealkylation sites (tertiary alicyclic amines) is 1. The van der Waals surface area contributed by atoms with Crippen molar-refractivity contribution in [1.29, 1.82) is 0 Å². The summed E-state index contributed by atoms with van der Waals surface area (Å²) in [6, 6.07) is 0.000810. The van der Waals surface area contributed by atoms with Crippen LogP contribution in [0.15, 0.2) is 0 Å². The highest BCUT2D eigenvalue weighted by molar-refractivity contribution is 7.80. The van der Waals surface area contributed by atoms with E-state index in [1.54, 1.807) is 0 Å². The Kier molecular flexibility index (Phi) is 4.74. The Morgan fingerprint density at radius 1 is 1.59 bits per heavy atom. The van der Waals surface area contributed by atoms with Gasteiger partial charge in [-0.2, -0.15) is 0 Å². The average Bonchev–Trinajstić information content (AvgIpc) is 2.25. The molecule has 1 aliphatic heterocycles. The summed E-state index contributed by atoms with van der Waals surface area (Å²) in [5, 5.41) is 2.91. The van der Waals surface area contributed by atoms with Crippen molar-refractivity contribution >= 4 is 23.2 Å². The minimum absolute atomic E-state index is 0.000810. The lowest BCUT2D eigenvalue weighted by atomic mass is 9.94. The molecule has 1 unspecified atom stereocenters. The highest BCUT2D eigenvalue weighted by atomic mass is 32.1. The van der Waals surface area contributed by atoms with Gasteiger partial charge in [0.1, 0.15) is 0 Å². The molecule has 0 aromatic carbocycles. The van der Waals surface area contributed by atoms with Crippen molar-refractivity contribution < 1.29 is 4.79 Å². The molecule has 2 amide bonds. The van der Waals surface area contributed by atoms with E-state index >= 15 is 0 Å². The lowest BCUT2D eigenvalue weighted by molar-refractivity contribution is 0.168. The third kappa shape index (κ3) is 4.15. The first kappa shape index (κ1) is 14.2. The number of rotatable bonds is 3. The maximum absolute atomic E-state index is 11.9. The summed E-state index contributed by atoms with van der Waals surface area (Å²) >= 11 is 4.97. The smallest absolute Gasteiger partial charge is 0.317 e. The fourth-order valence-corrected chi connectivity index (χ4v) is 1.94. The number of piperidine rings is 1. The van der Waals surface area contributed by atoms with Gasteiger partial charge in [0, 0.05) is 25.0 Å². The van der Waals surface area contributed by atoms with Gasteiger partial charge >= 0.3 is 6.03 Å². The number of urea groups is 1. The molecule has 17 heavy (non-hydrogen) atoms. The first-order chi connectivity index (χ1) is 7.83. The van der Waals surface area contributed by atoms with Gasteiger partial charge in [-0.25, -0.2) is 4.79 Å². The van der Waals surface area contributed by atoms with Crippen molar-refractivity contribution in [1.82, 2.24) is 10.2 Å². The molecule has 1 fully saturated rings. The van der Waals surface area contributed by atoms with Gasteiger partial charge in [0.2, 0.25) is 0 Å². The Labute approximate surface area is 109 Å². The third-order valence-corrected chi connectivity index (χ3v) is 3.85. The van der Waals surface area contributed by atoms with Gasteiger partial charge < -0.3 is 16.0 Å². The highest BCUT2D eigenvalue weighted by Gasteiger charge is 2.25. The Hall–Kier alpha value is -0.840. The van der Waals surface area contributed by atoms with Gasteiger partial charge in [0.25, 0.3) is 0 Å². The predicted octanol–water partition coefficient (Wildman–Crippen LogP) is 1.74. The van der Waals surface area contributed by atoms with E-state index in [0.29, 0.717) is 17.5 Å². The van der Waals surface area contributed by atoms with Crippen LogP contribution in [0.2, 0.25) is 0 Å². The zero-order chi connectivity index (χ0) is 13.1. The van der Waals surface area contributed by atoms with E-state index in [4.69, 9.17) is 18.0 Å². The molecule has 98 valence electrons. The van der Waals surface area contributed by atoms with Gasteiger partial charge in [-0.1, -0.05) is 33.0 Å². The molecule has 1 heterocycles. The summed E-state index contributed by atoms with van der Waals surface area (Å²) in [5.41, 5.74) is 5.30. The van der Waals surface area contributed by atoms with E-state index in [2.05, 4.69) is 12.2 Å². The van der Waals surface area contributed by atoms with Crippen LogP contribution in [-0.4, -0.2) is 35.6 Å².